The van der Waals surface area contributed by atoms with Crippen LogP contribution >= 0.6 is 0 Å². The van der Waals surface area contributed by atoms with Crippen molar-refractivity contribution < 1.29 is 19.1 Å². The van der Waals surface area contributed by atoms with E-state index >= 15 is 0 Å². The topological polar surface area (TPSA) is 101 Å². The van der Waals surface area contributed by atoms with Crippen LogP contribution in [-0.2, 0) is 19.1 Å². The summed E-state index contributed by atoms with van der Waals surface area (Å²) in [5.41, 5.74) is 8.14. The molecule has 0 spiro atoms. The molecule has 7 nitrogen and oxygen atoms in total. The Labute approximate surface area is 80.6 Å². The predicted octanol–water partition coefficient (Wildman–Crippen LogP) is 0.791. The minimum absolute atomic E-state index is 0.0906. The highest BCUT2D eigenvalue weighted by molar-refractivity contribution is 5.66. The molecule has 0 saturated heterocycles. The second kappa shape index (κ2) is 6.73. The van der Waals surface area contributed by atoms with Crippen molar-refractivity contribution in [1.29, 1.82) is 0 Å². The lowest BCUT2D eigenvalue weighted by molar-refractivity contribution is -0.144. The molecule has 0 aliphatic rings. The molecule has 0 N–H and O–H groups in total. The molecule has 0 saturated carbocycles. The van der Waals surface area contributed by atoms with Crippen LogP contribution in [0.2, 0.25) is 0 Å². The van der Waals surface area contributed by atoms with Crippen molar-refractivity contribution in [3.8, 4) is 0 Å². The number of carbonyl (C=O) groups is 2. The monoisotopic (exact) mass is 201 g/mol. The normalized spacial score (nSPS) is 9.07. The maximum atomic E-state index is 10.4. The van der Waals surface area contributed by atoms with Crippen molar-refractivity contribution in [2.24, 2.45) is 5.11 Å². The van der Waals surface area contributed by atoms with E-state index in [-0.39, 0.29) is 13.2 Å². The van der Waals surface area contributed by atoms with Gasteiger partial charge < -0.3 is 9.47 Å². The van der Waals surface area contributed by atoms with Crippen molar-refractivity contribution in [3.63, 3.8) is 0 Å². The number of esters is 2. The Morgan fingerprint density at radius 3 is 2.00 bits per heavy atom. The molecule has 0 amide bonds. The van der Waals surface area contributed by atoms with Gasteiger partial charge in [-0.1, -0.05) is 5.11 Å². The molecule has 0 unspecified atom stereocenters. The molecule has 0 aliphatic heterocycles. The highest BCUT2D eigenvalue weighted by Gasteiger charge is 2.10. The zero-order valence-corrected chi connectivity index (χ0v) is 7.97. The van der Waals surface area contributed by atoms with Crippen LogP contribution in [-0.4, -0.2) is 31.2 Å². The number of hydrogen-bond donors (Lipinski definition) is 0. The van der Waals surface area contributed by atoms with Gasteiger partial charge in [0.1, 0.15) is 19.3 Å². The molecule has 0 heterocycles. The highest BCUT2D eigenvalue weighted by Crippen LogP contribution is 1.95. The maximum Gasteiger partial charge on any atom is 0.302 e. The summed E-state index contributed by atoms with van der Waals surface area (Å²) in [6, 6.07) is -0.673. The minimum Gasteiger partial charge on any atom is -0.465 e. The summed E-state index contributed by atoms with van der Waals surface area (Å²) in [6.45, 7) is 2.29. The Balaban J connectivity index is 3.95. The smallest absolute Gasteiger partial charge is 0.302 e. The fraction of sp³-hybridized carbons (Fsp3) is 0.714. The van der Waals surface area contributed by atoms with Gasteiger partial charge in [-0.05, 0) is 5.53 Å². The highest BCUT2D eigenvalue weighted by atomic mass is 16.5. The summed E-state index contributed by atoms with van der Waals surface area (Å²) in [6.07, 6.45) is 0. The van der Waals surface area contributed by atoms with Crippen LogP contribution in [0.5, 0.6) is 0 Å². The Bertz CT molecular complexity index is 242. The first-order chi connectivity index (χ1) is 6.56. The molecule has 0 aromatic heterocycles. The van der Waals surface area contributed by atoms with E-state index in [1.807, 2.05) is 0 Å². The van der Waals surface area contributed by atoms with Crippen LogP contribution in [0.15, 0.2) is 5.11 Å². The van der Waals surface area contributed by atoms with Gasteiger partial charge in [0.25, 0.3) is 0 Å². The van der Waals surface area contributed by atoms with Gasteiger partial charge in [-0.25, -0.2) is 0 Å². The fourth-order valence-corrected chi connectivity index (χ4v) is 0.615. The van der Waals surface area contributed by atoms with Crippen LogP contribution < -0.4 is 0 Å². The number of rotatable bonds is 5. The lowest BCUT2D eigenvalue weighted by Gasteiger charge is -2.10. The summed E-state index contributed by atoms with van der Waals surface area (Å²) in [5.74, 6) is -0.961. The van der Waals surface area contributed by atoms with E-state index in [2.05, 4.69) is 19.5 Å². The SMILES string of the molecule is CC(=O)OCC(COC(C)=O)N=[N+]=[N-]. The van der Waals surface area contributed by atoms with Crippen LogP contribution in [0, 0.1) is 0 Å². The maximum absolute atomic E-state index is 10.4. The first-order valence-corrected chi connectivity index (χ1v) is 3.87. The molecule has 0 fully saturated rings. The second-order valence-electron chi connectivity index (χ2n) is 2.46. The second-order valence-corrected chi connectivity index (χ2v) is 2.46. The van der Waals surface area contributed by atoms with Gasteiger partial charge in [-0.2, -0.15) is 0 Å². The van der Waals surface area contributed by atoms with Crippen molar-refractivity contribution in [2.45, 2.75) is 19.9 Å². The predicted molar refractivity (Wildman–Crippen MR) is 46.2 cm³/mol. The van der Waals surface area contributed by atoms with Crippen molar-refractivity contribution in [1.82, 2.24) is 0 Å². The molecule has 0 bridgehead atoms. The van der Waals surface area contributed by atoms with Gasteiger partial charge in [-0.3, -0.25) is 9.59 Å². The van der Waals surface area contributed by atoms with Crippen LogP contribution in [0.1, 0.15) is 13.8 Å². The first-order valence-electron chi connectivity index (χ1n) is 3.87. The zero-order valence-electron chi connectivity index (χ0n) is 7.97. The Morgan fingerprint density at radius 1 is 1.29 bits per heavy atom. The number of azide groups is 1. The molecular weight excluding hydrogens is 190 g/mol. The molecular formula is C7H11N3O4. The van der Waals surface area contributed by atoms with Gasteiger partial charge >= 0.3 is 11.9 Å². The third-order valence-electron chi connectivity index (χ3n) is 1.17. The van der Waals surface area contributed by atoms with Crippen molar-refractivity contribution in [3.05, 3.63) is 10.4 Å². The van der Waals surface area contributed by atoms with Crippen LogP contribution in [0.25, 0.3) is 10.4 Å². The summed E-state index contributed by atoms with van der Waals surface area (Å²) >= 11 is 0. The van der Waals surface area contributed by atoms with Crippen molar-refractivity contribution >= 4 is 11.9 Å². The molecule has 0 aromatic carbocycles. The third kappa shape index (κ3) is 6.93. The summed E-state index contributed by atoms with van der Waals surface area (Å²) in [7, 11) is 0. The minimum atomic E-state index is -0.673. The van der Waals surface area contributed by atoms with Gasteiger partial charge in [0.2, 0.25) is 0 Å². The summed E-state index contributed by atoms with van der Waals surface area (Å²) in [5, 5.41) is 3.29. The lowest BCUT2D eigenvalue weighted by atomic mass is 10.3. The average molecular weight is 201 g/mol. The molecule has 78 valence electrons. The molecule has 0 aromatic rings. The lowest BCUT2D eigenvalue weighted by Crippen LogP contribution is -2.22. The van der Waals surface area contributed by atoms with E-state index in [0.29, 0.717) is 0 Å². The van der Waals surface area contributed by atoms with Crippen molar-refractivity contribution in [2.75, 3.05) is 13.2 Å². The quantitative estimate of drug-likeness (QED) is 0.284. The largest absolute Gasteiger partial charge is 0.465 e. The van der Waals surface area contributed by atoms with E-state index in [1.54, 1.807) is 0 Å². The van der Waals surface area contributed by atoms with Gasteiger partial charge in [0.15, 0.2) is 0 Å². The molecule has 0 atom stereocenters. The summed E-state index contributed by atoms with van der Waals surface area (Å²) in [4.78, 5) is 23.4. The number of hydrogen-bond acceptors (Lipinski definition) is 5. The zero-order chi connectivity index (χ0) is 11.0. The standard InChI is InChI=1S/C7H11N3O4/c1-5(11)13-3-7(9-10-8)4-14-6(2)12/h7H,3-4H2,1-2H3. The van der Waals surface area contributed by atoms with E-state index in [0.717, 1.165) is 0 Å². The van der Waals surface area contributed by atoms with E-state index in [4.69, 9.17) is 5.53 Å². The van der Waals surface area contributed by atoms with E-state index in [1.165, 1.54) is 13.8 Å². The Kier molecular flexibility index (Phi) is 5.89. The number of ether oxygens (including phenoxy) is 2. The molecule has 7 heteroatoms. The summed E-state index contributed by atoms with van der Waals surface area (Å²) < 4.78 is 9.19. The average Bonchev–Trinajstić information content (AvgIpc) is 2.09. The Hall–Kier alpha value is -1.75. The third-order valence-corrected chi connectivity index (χ3v) is 1.17. The first kappa shape index (κ1) is 12.2. The van der Waals surface area contributed by atoms with Gasteiger partial charge in [0.05, 0.1) is 0 Å². The van der Waals surface area contributed by atoms with E-state index < -0.39 is 18.0 Å². The van der Waals surface area contributed by atoms with E-state index in [9.17, 15) is 9.59 Å². The molecule has 0 aliphatic carbocycles. The van der Waals surface area contributed by atoms with Gasteiger partial charge in [-0.15, -0.1) is 0 Å². The molecule has 14 heavy (non-hydrogen) atoms. The molecule has 0 radical (unpaired) electrons. The van der Waals surface area contributed by atoms with Gasteiger partial charge in [0, 0.05) is 18.8 Å². The fourth-order valence-electron chi connectivity index (χ4n) is 0.615. The molecule has 0 rings (SSSR count). The van der Waals surface area contributed by atoms with Crippen LogP contribution in [0.3, 0.4) is 0 Å². The van der Waals surface area contributed by atoms with Crippen LogP contribution in [0.4, 0.5) is 0 Å². The number of carbonyl (C=O) groups excluding carboxylic acids is 2. The number of nitrogens with zero attached hydrogens (tertiary/aromatic N) is 3. The Morgan fingerprint density at radius 2 is 1.71 bits per heavy atom.